The van der Waals surface area contributed by atoms with Gasteiger partial charge in [-0.05, 0) is 92.1 Å². The zero-order chi connectivity index (χ0) is 25.4. The van der Waals surface area contributed by atoms with Crippen molar-refractivity contribution in [1.29, 1.82) is 0 Å². The van der Waals surface area contributed by atoms with Crippen LogP contribution in [0, 0.1) is 0 Å². The lowest BCUT2D eigenvalue weighted by atomic mass is 9.96. The van der Waals surface area contributed by atoms with Crippen molar-refractivity contribution in [1.82, 2.24) is 9.62 Å². The number of aliphatic hydroxyl groups is 1. The molecule has 2 rings (SSSR count). The van der Waals surface area contributed by atoms with Crippen LogP contribution in [0.25, 0.3) is 0 Å². The maximum Gasteiger partial charge on any atom is 0.303 e. The summed E-state index contributed by atoms with van der Waals surface area (Å²) in [6.45, 7) is 4.35. The van der Waals surface area contributed by atoms with Gasteiger partial charge < -0.3 is 15.5 Å². The average Bonchev–Trinajstić information content (AvgIpc) is 3.25. The van der Waals surface area contributed by atoms with Gasteiger partial charge in [0, 0.05) is 37.1 Å². The van der Waals surface area contributed by atoms with Gasteiger partial charge in [0.15, 0.2) is 0 Å². The number of carboxylic acids is 1. The summed E-state index contributed by atoms with van der Waals surface area (Å²) < 4.78 is 27.2. The highest BCUT2D eigenvalue weighted by Crippen LogP contribution is 2.23. The summed E-state index contributed by atoms with van der Waals surface area (Å²) in [7, 11) is -2.44. The number of benzene rings is 1. The number of carboxylic acid groups (broad SMARTS) is 1. The molecule has 10 heteroatoms. The fourth-order valence-electron chi connectivity index (χ4n) is 3.65. The van der Waals surface area contributed by atoms with Crippen molar-refractivity contribution in [3.8, 4) is 0 Å². The van der Waals surface area contributed by atoms with Crippen molar-refractivity contribution in [3.63, 3.8) is 0 Å². The van der Waals surface area contributed by atoms with E-state index in [9.17, 15) is 18.3 Å². The van der Waals surface area contributed by atoms with E-state index in [-0.39, 0.29) is 35.0 Å². The zero-order valence-electron chi connectivity index (χ0n) is 20.0. The van der Waals surface area contributed by atoms with Gasteiger partial charge in [0.25, 0.3) is 0 Å². The Bertz CT molecular complexity index is 1030. The fourth-order valence-corrected chi connectivity index (χ4v) is 5.98. The SMILES string of the molecule is CN(CC(O)CNC(C)(C)CCCc1ccsc1)S(=O)(=O)c1cc(Cl)cc(CCCC(=O)O)c1. The highest BCUT2D eigenvalue weighted by Gasteiger charge is 2.25. The van der Waals surface area contributed by atoms with Gasteiger partial charge >= 0.3 is 5.97 Å². The maximum atomic E-state index is 13.1. The molecule has 0 bridgehead atoms. The van der Waals surface area contributed by atoms with Crippen molar-refractivity contribution < 1.29 is 23.4 Å². The van der Waals surface area contributed by atoms with E-state index in [1.807, 2.05) is 0 Å². The summed E-state index contributed by atoms with van der Waals surface area (Å²) in [4.78, 5) is 10.8. The number of carbonyl (C=O) groups is 1. The quantitative estimate of drug-likeness (QED) is 0.319. The molecule has 0 amide bonds. The van der Waals surface area contributed by atoms with Gasteiger partial charge in [-0.25, -0.2) is 8.42 Å². The molecule has 1 aromatic carbocycles. The minimum Gasteiger partial charge on any atom is -0.481 e. The first-order valence-corrected chi connectivity index (χ1v) is 14.1. The lowest BCUT2D eigenvalue weighted by Gasteiger charge is -2.29. The van der Waals surface area contributed by atoms with Crippen LogP contribution in [0.15, 0.2) is 39.9 Å². The molecule has 0 radical (unpaired) electrons. The predicted molar refractivity (Wildman–Crippen MR) is 137 cm³/mol. The van der Waals surface area contributed by atoms with Crippen molar-refractivity contribution in [2.75, 3.05) is 20.1 Å². The number of hydrogen-bond donors (Lipinski definition) is 3. The third-order valence-electron chi connectivity index (χ3n) is 5.63. The number of nitrogens with zero attached hydrogens (tertiary/aromatic N) is 1. The second-order valence-corrected chi connectivity index (χ2v) is 12.5. The second-order valence-electron chi connectivity index (χ2n) is 9.23. The highest BCUT2D eigenvalue weighted by atomic mass is 35.5. The van der Waals surface area contributed by atoms with E-state index in [0.29, 0.717) is 18.4 Å². The molecule has 34 heavy (non-hydrogen) atoms. The van der Waals surface area contributed by atoms with E-state index in [0.717, 1.165) is 23.6 Å². The third-order valence-corrected chi connectivity index (χ3v) is 8.38. The summed E-state index contributed by atoms with van der Waals surface area (Å²) >= 11 is 7.82. The van der Waals surface area contributed by atoms with Gasteiger partial charge in [0.05, 0.1) is 11.0 Å². The van der Waals surface area contributed by atoms with Crippen molar-refractivity contribution in [2.24, 2.45) is 0 Å². The van der Waals surface area contributed by atoms with Gasteiger partial charge in [-0.2, -0.15) is 15.6 Å². The summed E-state index contributed by atoms with van der Waals surface area (Å²) in [5, 5.41) is 27.1. The number of rotatable bonds is 15. The number of aliphatic carboxylic acids is 1. The molecule has 0 spiro atoms. The number of aliphatic hydroxyl groups excluding tert-OH is 1. The van der Waals surface area contributed by atoms with Crippen LogP contribution in [0.5, 0.6) is 0 Å². The molecule has 1 aromatic heterocycles. The largest absolute Gasteiger partial charge is 0.481 e. The smallest absolute Gasteiger partial charge is 0.303 e. The molecule has 0 aliphatic carbocycles. The number of aryl methyl sites for hydroxylation is 2. The van der Waals surface area contributed by atoms with E-state index in [1.54, 1.807) is 17.4 Å². The molecule has 1 atom stereocenters. The van der Waals surface area contributed by atoms with Gasteiger partial charge in [-0.1, -0.05) is 11.6 Å². The standard InChI is InChI=1S/C24H35ClN2O5S2/c1-24(2,10-5-7-18-9-11-33-17-18)26-15-21(28)16-27(3)34(31,32)22-13-19(12-20(25)14-22)6-4-8-23(29)30/h9,11-14,17,21,26,28H,4-8,10,15-16H2,1-3H3,(H,29,30). The molecule has 2 aromatic rings. The molecule has 7 nitrogen and oxygen atoms in total. The number of thiophene rings is 1. The van der Waals surface area contributed by atoms with Crippen LogP contribution >= 0.6 is 22.9 Å². The highest BCUT2D eigenvalue weighted by molar-refractivity contribution is 7.89. The molecule has 0 saturated carbocycles. The Morgan fingerprint density at radius 1 is 1.21 bits per heavy atom. The molecule has 190 valence electrons. The monoisotopic (exact) mass is 530 g/mol. The van der Waals surface area contributed by atoms with E-state index in [4.69, 9.17) is 16.7 Å². The van der Waals surface area contributed by atoms with Crippen LogP contribution in [0.4, 0.5) is 0 Å². The Morgan fingerprint density at radius 2 is 1.91 bits per heavy atom. The normalized spacial score (nSPS) is 13.4. The Balaban J connectivity index is 1.89. The van der Waals surface area contributed by atoms with Gasteiger partial charge in [0.2, 0.25) is 10.0 Å². The number of sulfonamides is 1. The lowest BCUT2D eigenvalue weighted by Crippen LogP contribution is -2.46. The minimum atomic E-state index is -3.87. The van der Waals surface area contributed by atoms with Gasteiger partial charge in [0.1, 0.15) is 0 Å². The maximum absolute atomic E-state index is 13.1. The van der Waals surface area contributed by atoms with E-state index in [2.05, 4.69) is 36.0 Å². The first kappa shape index (κ1) is 28.7. The molecule has 0 saturated heterocycles. The third kappa shape index (κ3) is 9.64. The van der Waals surface area contributed by atoms with Crippen LogP contribution in [0.3, 0.4) is 0 Å². The molecule has 0 fully saturated rings. The van der Waals surface area contributed by atoms with Crippen molar-refractivity contribution >= 4 is 38.9 Å². The van der Waals surface area contributed by atoms with Crippen molar-refractivity contribution in [2.45, 2.75) is 68.9 Å². The van der Waals surface area contributed by atoms with Gasteiger partial charge in [-0.3, -0.25) is 4.79 Å². The molecular weight excluding hydrogens is 496 g/mol. The van der Waals surface area contributed by atoms with Gasteiger partial charge in [-0.15, -0.1) is 0 Å². The van der Waals surface area contributed by atoms with Crippen LogP contribution < -0.4 is 5.32 Å². The Labute approximate surface area is 211 Å². The van der Waals surface area contributed by atoms with Crippen LogP contribution in [-0.4, -0.2) is 60.7 Å². The Kier molecular flexibility index (Phi) is 11.0. The van der Waals surface area contributed by atoms with Crippen molar-refractivity contribution in [3.05, 3.63) is 51.2 Å². The molecular formula is C24H35ClN2O5S2. The lowest BCUT2D eigenvalue weighted by molar-refractivity contribution is -0.137. The zero-order valence-corrected chi connectivity index (χ0v) is 22.3. The number of halogens is 1. The van der Waals surface area contributed by atoms with Crippen LogP contribution in [0.2, 0.25) is 5.02 Å². The molecule has 3 N–H and O–H groups in total. The Morgan fingerprint density at radius 3 is 2.56 bits per heavy atom. The molecule has 1 unspecified atom stereocenters. The number of β-amino-alcohol motifs (C(OH)–C–C–N with tert-alkyl or cyclic N) is 1. The van der Waals surface area contributed by atoms with Crippen LogP contribution in [0.1, 0.15) is 50.7 Å². The second kappa shape index (κ2) is 13.0. The summed E-state index contributed by atoms with van der Waals surface area (Å²) in [5.74, 6) is -0.900. The summed E-state index contributed by atoms with van der Waals surface area (Å²) in [6.07, 6.45) is 2.87. The van der Waals surface area contributed by atoms with Crippen LogP contribution in [-0.2, 0) is 27.7 Å². The minimum absolute atomic E-state index is 0.00196. The fraction of sp³-hybridized carbons (Fsp3) is 0.542. The van der Waals surface area contributed by atoms with E-state index in [1.165, 1.54) is 24.7 Å². The van der Waals surface area contributed by atoms with E-state index >= 15 is 0 Å². The predicted octanol–water partition coefficient (Wildman–Crippen LogP) is 4.18. The molecule has 1 heterocycles. The topological polar surface area (TPSA) is 107 Å². The number of nitrogens with one attached hydrogen (secondary N) is 1. The molecule has 0 aliphatic rings. The molecule has 0 aliphatic heterocycles. The summed E-state index contributed by atoms with van der Waals surface area (Å²) in [5.41, 5.74) is 1.80. The number of hydrogen-bond acceptors (Lipinski definition) is 6. The number of likely N-dealkylation sites (N-methyl/N-ethyl adjacent to an activating group) is 1. The average molecular weight is 531 g/mol. The Hall–Kier alpha value is -1.49. The van der Waals surface area contributed by atoms with E-state index < -0.39 is 22.1 Å². The summed E-state index contributed by atoms with van der Waals surface area (Å²) in [6, 6.07) is 6.65. The first-order chi connectivity index (χ1) is 15.9. The first-order valence-electron chi connectivity index (χ1n) is 11.3.